The molecule has 316 valence electrons. The van der Waals surface area contributed by atoms with Crippen molar-refractivity contribution in [2.75, 3.05) is 0 Å². The summed E-state index contributed by atoms with van der Waals surface area (Å²) in [5, 5.41) is 16.2. The van der Waals surface area contributed by atoms with E-state index in [9.17, 15) is 0 Å². The van der Waals surface area contributed by atoms with Crippen molar-refractivity contribution >= 4 is 93.7 Å². The number of aromatic nitrogens is 2. The lowest BCUT2D eigenvalue weighted by Gasteiger charge is -2.34. The summed E-state index contributed by atoms with van der Waals surface area (Å²) in [6.45, 7) is 2.34. The van der Waals surface area contributed by atoms with Crippen molar-refractivity contribution in [2.45, 2.75) is 24.9 Å². The Morgan fingerprint density at radius 2 is 1.15 bits per heavy atom. The van der Waals surface area contributed by atoms with Crippen LogP contribution in [-0.4, -0.2) is 20.8 Å². The highest BCUT2D eigenvalue weighted by Crippen LogP contribution is 2.45. The normalized spacial score (nSPS) is 17.1. The third-order valence-electron chi connectivity index (χ3n) is 14.7. The monoisotopic (exact) mass is 858 g/mol. The van der Waals surface area contributed by atoms with Crippen LogP contribution in [0.4, 0.5) is 0 Å². The van der Waals surface area contributed by atoms with Gasteiger partial charge in [0.05, 0.1) is 44.4 Å². The van der Waals surface area contributed by atoms with E-state index in [2.05, 4.69) is 245 Å². The van der Waals surface area contributed by atoms with Gasteiger partial charge in [0.1, 0.15) is 0 Å². The summed E-state index contributed by atoms with van der Waals surface area (Å²) in [7, 11) is 0. The number of hydrogen-bond acceptors (Lipinski definition) is 2. The molecule has 1 aliphatic heterocycles. The molecule has 0 radical (unpaired) electrons. The summed E-state index contributed by atoms with van der Waals surface area (Å²) in [4.78, 5) is 9.56. The predicted octanol–water partition coefficient (Wildman–Crippen LogP) is 13.2. The minimum atomic E-state index is -0.398. The number of nitrogens with one attached hydrogen (secondary N) is 2. The Morgan fingerprint density at radius 3 is 1.99 bits per heavy atom. The first-order valence-electron chi connectivity index (χ1n) is 23.3. The molecule has 2 unspecified atom stereocenters. The SMILES string of the molecule is CC1(C2=NC(c3cccc4ccccc34)=[NH+]C(c3ccccc3-n3c4ccccc4c4c(-n5c6ccccc6c6c7ccccc7ccc65)c5ccccc5cc43)N2)CC=Cc2ccccc21. The summed E-state index contributed by atoms with van der Waals surface area (Å²) >= 11 is 0. The van der Waals surface area contributed by atoms with Crippen LogP contribution in [0.1, 0.15) is 41.8 Å². The smallest absolute Gasteiger partial charge is 0.310 e. The zero-order valence-electron chi connectivity index (χ0n) is 36.9. The first-order chi connectivity index (χ1) is 33.1. The highest BCUT2D eigenvalue weighted by Gasteiger charge is 2.43. The summed E-state index contributed by atoms with van der Waals surface area (Å²) < 4.78 is 5.05. The summed E-state index contributed by atoms with van der Waals surface area (Å²) in [6.07, 6.45) is 5.06. The Balaban J connectivity index is 1.05. The maximum atomic E-state index is 5.57. The van der Waals surface area contributed by atoms with Gasteiger partial charge in [0.15, 0.2) is 6.17 Å². The van der Waals surface area contributed by atoms with Crippen LogP contribution in [0.2, 0.25) is 0 Å². The fraction of sp³-hybridized carbons (Fsp3) is 0.0645. The second kappa shape index (κ2) is 14.5. The molecule has 5 nitrogen and oxygen atoms in total. The number of hydrogen-bond donors (Lipinski definition) is 2. The molecule has 12 aromatic rings. The predicted molar refractivity (Wildman–Crippen MR) is 280 cm³/mol. The molecule has 10 aromatic carbocycles. The van der Waals surface area contributed by atoms with Crippen molar-refractivity contribution < 1.29 is 4.99 Å². The molecule has 3 heterocycles. The van der Waals surface area contributed by atoms with Crippen LogP contribution in [0, 0.1) is 0 Å². The average Bonchev–Trinajstić information content (AvgIpc) is 3.90. The van der Waals surface area contributed by atoms with Crippen molar-refractivity contribution in [1.82, 2.24) is 14.5 Å². The number of fused-ring (bicyclic) bond motifs is 11. The summed E-state index contributed by atoms with van der Waals surface area (Å²) in [5.74, 6) is 1.80. The molecule has 0 fully saturated rings. The molecule has 2 aliphatic rings. The molecule has 2 N–H and O–H groups in total. The molecule has 5 heteroatoms. The van der Waals surface area contributed by atoms with E-state index in [1.54, 1.807) is 0 Å². The third kappa shape index (κ3) is 5.55. The second-order valence-electron chi connectivity index (χ2n) is 18.4. The minimum absolute atomic E-state index is 0.325. The highest BCUT2D eigenvalue weighted by atomic mass is 15.2. The zero-order valence-corrected chi connectivity index (χ0v) is 36.9. The molecule has 1 aliphatic carbocycles. The summed E-state index contributed by atoms with van der Waals surface area (Å²) in [5.41, 5.74) is 11.3. The van der Waals surface area contributed by atoms with Crippen LogP contribution in [-0.2, 0) is 5.41 Å². The number of amidine groups is 2. The van der Waals surface area contributed by atoms with Gasteiger partial charge in [0.2, 0.25) is 5.84 Å². The Hall–Kier alpha value is -8.54. The molecule has 2 atom stereocenters. The van der Waals surface area contributed by atoms with Crippen LogP contribution < -0.4 is 10.3 Å². The highest BCUT2D eigenvalue weighted by molar-refractivity contribution is 6.25. The Morgan fingerprint density at radius 1 is 0.522 bits per heavy atom. The van der Waals surface area contributed by atoms with Crippen molar-refractivity contribution in [2.24, 2.45) is 4.99 Å². The van der Waals surface area contributed by atoms with E-state index >= 15 is 0 Å². The van der Waals surface area contributed by atoms with Gasteiger partial charge < -0.3 is 14.5 Å². The quantitative estimate of drug-likeness (QED) is 0.178. The van der Waals surface area contributed by atoms with E-state index in [1.807, 2.05) is 0 Å². The zero-order chi connectivity index (χ0) is 44.2. The maximum absolute atomic E-state index is 5.57. The fourth-order valence-electron chi connectivity index (χ4n) is 11.6. The maximum Gasteiger partial charge on any atom is 0.328 e. The van der Waals surface area contributed by atoms with Gasteiger partial charge in [0.25, 0.3) is 0 Å². The van der Waals surface area contributed by atoms with E-state index in [0.717, 1.165) is 45.9 Å². The number of aliphatic imine (C=N–C) groups is 1. The number of allylic oxidation sites excluding steroid dienone is 1. The van der Waals surface area contributed by atoms with E-state index < -0.39 is 5.41 Å². The fourth-order valence-corrected chi connectivity index (χ4v) is 11.6. The Labute approximate surface area is 387 Å². The number of rotatable bonds is 5. The Kier molecular flexibility index (Phi) is 8.17. The van der Waals surface area contributed by atoms with Gasteiger partial charge in [-0.05, 0) is 92.8 Å². The lowest BCUT2D eigenvalue weighted by molar-refractivity contribution is -0.516. The number of para-hydroxylation sites is 3. The molecule has 67 heavy (non-hydrogen) atoms. The largest absolute Gasteiger partial charge is 0.328 e. The molecule has 0 saturated heterocycles. The van der Waals surface area contributed by atoms with Crippen LogP contribution in [0.5, 0.6) is 0 Å². The van der Waals surface area contributed by atoms with Gasteiger partial charge in [-0.2, -0.15) is 0 Å². The summed E-state index contributed by atoms with van der Waals surface area (Å²) in [6, 6.07) is 75.4. The minimum Gasteiger partial charge on any atom is -0.310 e. The van der Waals surface area contributed by atoms with Gasteiger partial charge in [-0.25, -0.2) is 4.99 Å². The van der Waals surface area contributed by atoms with E-state index in [0.29, 0.717) is 0 Å². The first-order valence-corrected chi connectivity index (χ1v) is 23.3. The molecule has 14 rings (SSSR count). The molecule has 0 amide bonds. The molecule has 0 saturated carbocycles. The van der Waals surface area contributed by atoms with Gasteiger partial charge in [0, 0.05) is 32.5 Å². The molecular formula is C62H44N5+. The molecule has 2 aromatic heterocycles. The molecule has 0 bridgehead atoms. The van der Waals surface area contributed by atoms with Gasteiger partial charge >= 0.3 is 5.84 Å². The average molecular weight is 859 g/mol. The lowest BCUT2D eigenvalue weighted by Crippen LogP contribution is -2.81. The van der Waals surface area contributed by atoms with Crippen molar-refractivity contribution in [3.8, 4) is 11.4 Å². The number of nitrogens with zero attached hydrogens (tertiary/aromatic N) is 3. The van der Waals surface area contributed by atoms with Crippen LogP contribution in [0.25, 0.3) is 93.4 Å². The van der Waals surface area contributed by atoms with Crippen LogP contribution >= 0.6 is 0 Å². The standard InChI is InChI=1S/C62H43N5/c1-62(37-17-23-41-20-5-12-31-50(41)62)61-64-59(46-30-16-22-39-18-2-6-24-43(39)46)63-60(65-61)49-29-11-15-34-53(49)66-51-32-13-10-28-48(51)57-55(66)38-42-21-4-8-26-45(42)58(57)67-52-33-14-9-27-47(52)56-44-25-7-3-19-40(44)35-36-54(56)67/h2-36,38,60H,37H2,1H3,(H,63,64,65)/p+1. The first kappa shape index (κ1) is 37.8. The lowest BCUT2D eigenvalue weighted by atomic mass is 9.73. The van der Waals surface area contributed by atoms with Gasteiger partial charge in [-0.1, -0.05) is 182 Å². The van der Waals surface area contributed by atoms with Crippen LogP contribution in [0.15, 0.2) is 217 Å². The van der Waals surface area contributed by atoms with E-state index in [1.165, 1.54) is 81.7 Å². The Bertz CT molecular complexity index is 4140. The molecular weight excluding hydrogens is 815 g/mol. The second-order valence-corrected chi connectivity index (χ2v) is 18.4. The topological polar surface area (TPSA) is 48.2 Å². The van der Waals surface area contributed by atoms with Crippen LogP contribution in [0.3, 0.4) is 0 Å². The van der Waals surface area contributed by atoms with Crippen molar-refractivity contribution in [1.29, 1.82) is 0 Å². The third-order valence-corrected chi connectivity index (χ3v) is 14.7. The molecule has 0 spiro atoms. The van der Waals surface area contributed by atoms with E-state index in [4.69, 9.17) is 4.99 Å². The van der Waals surface area contributed by atoms with Crippen molar-refractivity contribution in [3.05, 3.63) is 235 Å². The van der Waals surface area contributed by atoms with E-state index in [-0.39, 0.29) is 6.17 Å². The van der Waals surface area contributed by atoms with Gasteiger partial charge in [-0.3, -0.25) is 0 Å². The van der Waals surface area contributed by atoms with Crippen molar-refractivity contribution in [3.63, 3.8) is 0 Å². The van der Waals surface area contributed by atoms with Gasteiger partial charge in [-0.15, -0.1) is 0 Å². The number of benzene rings is 10.